The van der Waals surface area contributed by atoms with E-state index < -0.39 is 12.7 Å². The van der Waals surface area contributed by atoms with E-state index in [9.17, 15) is 18.0 Å². The number of nitrogens with one attached hydrogen (secondary N) is 2. The minimum absolute atomic E-state index is 0.0556. The summed E-state index contributed by atoms with van der Waals surface area (Å²) < 4.78 is 37.1. The van der Waals surface area contributed by atoms with E-state index in [0.717, 1.165) is 18.7 Å². The van der Waals surface area contributed by atoms with Crippen molar-refractivity contribution in [3.05, 3.63) is 23.9 Å². The van der Waals surface area contributed by atoms with Crippen LogP contribution in [0.25, 0.3) is 0 Å². The highest BCUT2D eigenvalue weighted by molar-refractivity contribution is 5.94. The fraction of sp³-hybridized carbons (Fsp3) is 0.625. The third-order valence-electron chi connectivity index (χ3n) is 4.28. The van der Waals surface area contributed by atoms with Gasteiger partial charge in [0.1, 0.15) is 5.82 Å². The first-order chi connectivity index (χ1) is 11.4. The quantitative estimate of drug-likeness (QED) is 0.833. The molecule has 2 aliphatic rings. The fourth-order valence-corrected chi connectivity index (χ4v) is 2.87. The molecule has 2 heterocycles. The van der Waals surface area contributed by atoms with Gasteiger partial charge in [0, 0.05) is 25.3 Å². The van der Waals surface area contributed by atoms with Crippen molar-refractivity contribution in [2.24, 2.45) is 5.92 Å². The molecule has 24 heavy (non-hydrogen) atoms. The molecule has 3 rings (SSSR count). The molecule has 0 spiro atoms. The van der Waals surface area contributed by atoms with Gasteiger partial charge >= 0.3 is 6.18 Å². The molecule has 1 saturated carbocycles. The maximum atomic E-state index is 12.4. The Morgan fingerprint density at radius 3 is 2.71 bits per heavy atom. The lowest BCUT2D eigenvalue weighted by atomic mass is 10.1. The van der Waals surface area contributed by atoms with Crippen molar-refractivity contribution in [2.75, 3.05) is 31.5 Å². The SMILES string of the molecule is O=C(NCC1CCN(CC(F)(F)F)C1)c1ccc(NC2CC2)nc1. The predicted molar refractivity (Wildman–Crippen MR) is 83.8 cm³/mol. The fourth-order valence-electron chi connectivity index (χ4n) is 2.87. The molecule has 132 valence electrons. The summed E-state index contributed by atoms with van der Waals surface area (Å²) in [6.45, 7) is 0.289. The van der Waals surface area contributed by atoms with Crippen LogP contribution in [0.5, 0.6) is 0 Å². The molecule has 1 aliphatic heterocycles. The third kappa shape index (κ3) is 5.09. The van der Waals surface area contributed by atoms with E-state index >= 15 is 0 Å². The zero-order valence-corrected chi connectivity index (χ0v) is 13.3. The van der Waals surface area contributed by atoms with Gasteiger partial charge in [0.15, 0.2) is 0 Å². The van der Waals surface area contributed by atoms with E-state index in [0.29, 0.717) is 37.7 Å². The number of amides is 1. The van der Waals surface area contributed by atoms with Gasteiger partial charge in [0.05, 0.1) is 12.1 Å². The highest BCUT2D eigenvalue weighted by Crippen LogP contribution is 2.24. The maximum absolute atomic E-state index is 12.4. The van der Waals surface area contributed by atoms with Crippen LogP contribution in [0, 0.1) is 5.92 Å². The second kappa shape index (κ2) is 6.96. The van der Waals surface area contributed by atoms with Crippen molar-refractivity contribution in [3.63, 3.8) is 0 Å². The Morgan fingerprint density at radius 2 is 2.08 bits per heavy atom. The molecule has 1 aliphatic carbocycles. The Hall–Kier alpha value is -1.83. The van der Waals surface area contributed by atoms with Crippen LogP contribution in [0.4, 0.5) is 19.0 Å². The minimum atomic E-state index is -4.17. The Kier molecular flexibility index (Phi) is 4.93. The first kappa shape index (κ1) is 17.0. The van der Waals surface area contributed by atoms with Gasteiger partial charge in [-0.15, -0.1) is 0 Å². The summed E-state index contributed by atoms with van der Waals surface area (Å²) >= 11 is 0. The lowest BCUT2D eigenvalue weighted by Gasteiger charge is -2.18. The van der Waals surface area contributed by atoms with Gasteiger partial charge in [0.2, 0.25) is 0 Å². The average Bonchev–Trinajstić information content (AvgIpc) is 3.22. The van der Waals surface area contributed by atoms with Crippen molar-refractivity contribution in [1.29, 1.82) is 0 Å². The predicted octanol–water partition coefficient (Wildman–Crippen LogP) is 2.27. The Labute approximate surface area is 138 Å². The molecule has 1 unspecified atom stereocenters. The Morgan fingerprint density at radius 1 is 1.29 bits per heavy atom. The largest absolute Gasteiger partial charge is 0.401 e. The summed E-state index contributed by atoms with van der Waals surface area (Å²) in [5.41, 5.74) is 0.460. The second-order valence-electron chi connectivity index (χ2n) is 6.57. The molecular weight excluding hydrogens is 321 g/mol. The summed E-state index contributed by atoms with van der Waals surface area (Å²) in [5, 5.41) is 6.03. The van der Waals surface area contributed by atoms with Crippen LogP contribution in [0.1, 0.15) is 29.6 Å². The number of alkyl halides is 3. The topological polar surface area (TPSA) is 57.3 Å². The monoisotopic (exact) mass is 342 g/mol. The molecule has 1 aromatic heterocycles. The number of rotatable bonds is 6. The molecule has 1 amide bonds. The highest BCUT2D eigenvalue weighted by Gasteiger charge is 2.34. The summed E-state index contributed by atoms with van der Waals surface area (Å²) in [4.78, 5) is 17.7. The zero-order valence-electron chi connectivity index (χ0n) is 13.3. The number of carbonyl (C=O) groups excluding carboxylic acids is 1. The summed E-state index contributed by atoms with van der Waals surface area (Å²) in [7, 11) is 0. The van der Waals surface area contributed by atoms with Crippen molar-refractivity contribution >= 4 is 11.7 Å². The summed E-state index contributed by atoms with van der Waals surface area (Å²) in [6, 6.07) is 3.98. The molecule has 0 radical (unpaired) electrons. The molecule has 8 heteroatoms. The number of carbonyl (C=O) groups is 1. The normalized spacial score (nSPS) is 21.7. The van der Waals surface area contributed by atoms with Crippen molar-refractivity contribution in [1.82, 2.24) is 15.2 Å². The maximum Gasteiger partial charge on any atom is 0.401 e. The third-order valence-corrected chi connectivity index (χ3v) is 4.28. The van der Waals surface area contributed by atoms with Gasteiger partial charge in [-0.1, -0.05) is 0 Å². The number of pyridine rings is 1. The van der Waals surface area contributed by atoms with Gasteiger partial charge in [-0.25, -0.2) is 4.98 Å². The molecule has 0 aromatic carbocycles. The average molecular weight is 342 g/mol. The van der Waals surface area contributed by atoms with Crippen molar-refractivity contribution in [3.8, 4) is 0 Å². The van der Waals surface area contributed by atoms with Gasteiger partial charge in [-0.05, 0) is 43.9 Å². The van der Waals surface area contributed by atoms with Gasteiger partial charge in [0.25, 0.3) is 5.91 Å². The van der Waals surface area contributed by atoms with Gasteiger partial charge in [-0.2, -0.15) is 13.2 Å². The molecular formula is C16H21F3N4O. The van der Waals surface area contributed by atoms with E-state index in [-0.39, 0.29) is 11.8 Å². The van der Waals surface area contributed by atoms with Crippen molar-refractivity contribution in [2.45, 2.75) is 31.5 Å². The Balaban J connectivity index is 1.42. The molecule has 2 N–H and O–H groups in total. The number of anilines is 1. The molecule has 1 atom stereocenters. The van der Waals surface area contributed by atoms with E-state index in [1.807, 2.05) is 0 Å². The van der Waals surface area contributed by atoms with E-state index in [1.165, 1.54) is 11.1 Å². The Bertz CT molecular complexity index is 572. The number of halogens is 3. The minimum Gasteiger partial charge on any atom is -0.367 e. The number of likely N-dealkylation sites (tertiary alicyclic amines) is 1. The smallest absolute Gasteiger partial charge is 0.367 e. The van der Waals surface area contributed by atoms with Crippen LogP contribution in [-0.4, -0.2) is 54.2 Å². The molecule has 2 fully saturated rings. The summed E-state index contributed by atoms with van der Waals surface area (Å²) in [6.07, 6.45) is 0.316. The van der Waals surface area contributed by atoms with Crippen LogP contribution in [0.3, 0.4) is 0 Å². The van der Waals surface area contributed by atoms with Crippen LogP contribution >= 0.6 is 0 Å². The number of hydrogen-bond donors (Lipinski definition) is 2. The van der Waals surface area contributed by atoms with Crippen LogP contribution in [0.2, 0.25) is 0 Å². The first-order valence-electron chi connectivity index (χ1n) is 8.19. The van der Waals surface area contributed by atoms with Crippen molar-refractivity contribution < 1.29 is 18.0 Å². The van der Waals surface area contributed by atoms with Gasteiger partial charge in [-0.3, -0.25) is 9.69 Å². The molecule has 1 aromatic rings. The molecule has 1 saturated heterocycles. The zero-order chi connectivity index (χ0) is 17.2. The van der Waals surface area contributed by atoms with Gasteiger partial charge < -0.3 is 10.6 Å². The first-order valence-corrected chi connectivity index (χ1v) is 8.19. The lowest BCUT2D eigenvalue weighted by molar-refractivity contribution is -0.143. The van der Waals surface area contributed by atoms with Crippen LogP contribution < -0.4 is 10.6 Å². The van der Waals surface area contributed by atoms with E-state index in [1.54, 1.807) is 12.1 Å². The number of aromatic nitrogens is 1. The highest BCUT2D eigenvalue weighted by atomic mass is 19.4. The number of nitrogens with zero attached hydrogens (tertiary/aromatic N) is 2. The standard InChI is InChI=1S/C16H21F3N4O/c17-16(18,19)10-23-6-5-11(9-23)7-21-15(24)12-1-4-14(20-8-12)22-13-2-3-13/h1,4,8,11,13H,2-3,5-7,9-10H2,(H,20,22)(H,21,24). The van der Waals surface area contributed by atoms with E-state index in [2.05, 4.69) is 15.6 Å². The number of hydrogen-bond acceptors (Lipinski definition) is 4. The van der Waals surface area contributed by atoms with E-state index in [4.69, 9.17) is 0 Å². The summed E-state index contributed by atoms with van der Waals surface area (Å²) in [5.74, 6) is 0.572. The lowest BCUT2D eigenvalue weighted by Crippen LogP contribution is -2.34. The molecule has 0 bridgehead atoms. The van der Waals surface area contributed by atoms with Crippen LogP contribution in [0.15, 0.2) is 18.3 Å². The molecule has 5 nitrogen and oxygen atoms in total. The van der Waals surface area contributed by atoms with Crippen LogP contribution in [-0.2, 0) is 0 Å². The second-order valence-corrected chi connectivity index (χ2v) is 6.57.